The molecular formula is C15H13O. The number of aryl methyl sites for hydroxylation is 1. The normalized spacial score (nSPS) is 15.0. The maximum atomic E-state index is 9.29. The van der Waals surface area contributed by atoms with E-state index in [0.29, 0.717) is 5.75 Å². The fraction of sp³-hybridized carbons (Fsp3) is 0.133. The van der Waals surface area contributed by atoms with Crippen LogP contribution in [0.15, 0.2) is 48.5 Å². The van der Waals surface area contributed by atoms with Gasteiger partial charge in [0.25, 0.3) is 0 Å². The summed E-state index contributed by atoms with van der Waals surface area (Å²) in [5.41, 5.74) is 4.03. The molecule has 16 heavy (non-hydrogen) atoms. The molecule has 0 heterocycles. The SMILES string of the molecule is Oc1ccc([C]2CCc3ccccc32)cc1. The summed E-state index contributed by atoms with van der Waals surface area (Å²) < 4.78 is 0. The molecule has 0 bridgehead atoms. The first kappa shape index (κ1) is 9.46. The Balaban J connectivity index is 2.01. The zero-order valence-electron chi connectivity index (χ0n) is 8.98. The van der Waals surface area contributed by atoms with Crippen molar-refractivity contribution in [3.05, 3.63) is 71.1 Å². The van der Waals surface area contributed by atoms with E-state index in [9.17, 15) is 5.11 Å². The first-order valence-corrected chi connectivity index (χ1v) is 5.58. The summed E-state index contributed by atoms with van der Waals surface area (Å²) in [6.45, 7) is 0. The summed E-state index contributed by atoms with van der Waals surface area (Å²) >= 11 is 0. The maximum Gasteiger partial charge on any atom is 0.115 e. The van der Waals surface area contributed by atoms with Gasteiger partial charge in [-0.3, -0.25) is 0 Å². The van der Waals surface area contributed by atoms with Gasteiger partial charge < -0.3 is 5.11 Å². The van der Waals surface area contributed by atoms with E-state index in [4.69, 9.17) is 0 Å². The van der Waals surface area contributed by atoms with Crippen molar-refractivity contribution in [2.45, 2.75) is 12.8 Å². The van der Waals surface area contributed by atoms with Gasteiger partial charge in [-0.2, -0.15) is 0 Å². The second-order valence-corrected chi connectivity index (χ2v) is 4.18. The summed E-state index contributed by atoms with van der Waals surface area (Å²) in [5.74, 6) is 1.73. The van der Waals surface area contributed by atoms with Crippen molar-refractivity contribution in [3.8, 4) is 5.75 Å². The lowest BCUT2D eigenvalue weighted by Crippen LogP contribution is -1.96. The molecular weight excluding hydrogens is 196 g/mol. The van der Waals surface area contributed by atoms with Crippen LogP contribution in [0.5, 0.6) is 5.75 Å². The molecule has 1 radical (unpaired) electrons. The van der Waals surface area contributed by atoms with Crippen LogP contribution >= 0.6 is 0 Å². The molecule has 0 aromatic heterocycles. The lowest BCUT2D eigenvalue weighted by atomic mass is 9.93. The number of benzene rings is 2. The smallest absolute Gasteiger partial charge is 0.115 e. The van der Waals surface area contributed by atoms with E-state index in [2.05, 4.69) is 24.3 Å². The lowest BCUT2D eigenvalue weighted by molar-refractivity contribution is 0.475. The average Bonchev–Trinajstić information content (AvgIpc) is 2.74. The highest BCUT2D eigenvalue weighted by Crippen LogP contribution is 2.37. The van der Waals surface area contributed by atoms with Crippen LogP contribution in [0.3, 0.4) is 0 Å². The Kier molecular flexibility index (Phi) is 2.17. The molecule has 1 heteroatoms. The molecule has 0 fully saturated rings. The largest absolute Gasteiger partial charge is 0.508 e. The van der Waals surface area contributed by atoms with E-state index in [-0.39, 0.29) is 0 Å². The minimum atomic E-state index is 0.329. The number of rotatable bonds is 1. The van der Waals surface area contributed by atoms with Crippen molar-refractivity contribution in [2.24, 2.45) is 0 Å². The molecule has 1 nitrogen and oxygen atoms in total. The van der Waals surface area contributed by atoms with Gasteiger partial charge in [0, 0.05) is 5.92 Å². The molecule has 0 aliphatic heterocycles. The highest BCUT2D eigenvalue weighted by atomic mass is 16.3. The first-order chi connectivity index (χ1) is 7.84. The predicted molar refractivity (Wildman–Crippen MR) is 64.3 cm³/mol. The molecule has 1 aliphatic carbocycles. The number of fused-ring (bicyclic) bond motifs is 1. The topological polar surface area (TPSA) is 20.2 Å². The molecule has 79 valence electrons. The van der Waals surface area contributed by atoms with Crippen LogP contribution in [0.25, 0.3) is 0 Å². The summed E-state index contributed by atoms with van der Waals surface area (Å²) in [6.07, 6.45) is 2.23. The van der Waals surface area contributed by atoms with Crippen molar-refractivity contribution in [1.82, 2.24) is 0 Å². The van der Waals surface area contributed by atoms with Gasteiger partial charge in [-0.05, 0) is 41.7 Å². The molecule has 0 amide bonds. The summed E-state index contributed by atoms with van der Waals surface area (Å²) in [6, 6.07) is 16.1. The zero-order chi connectivity index (χ0) is 11.0. The third-order valence-corrected chi connectivity index (χ3v) is 3.20. The number of aromatic hydroxyl groups is 1. The van der Waals surface area contributed by atoms with Gasteiger partial charge in [0.2, 0.25) is 0 Å². The Labute approximate surface area is 95.4 Å². The standard InChI is InChI=1S/C15H13O/c16-13-8-5-12(6-9-13)15-10-7-11-3-1-2-4-14(11)15/h1-6,8-9,16H,7,10H2. The molecule has 0 atom stereocenters. The highest BCUT2D eigenvalue weighted by Gasteiger charge is 2.23. The van der Waals surface area contributed by atoms with Gasteiger partial charge >= 0.3 is 0 Å². The number of hydrogen-bond donors (Lipinski definition) is 1. The van der Waals surface area contributed by atoms with Crippen LogP contribution in [0, 0.1) is 5.92 Å². The van der Waals surface area contributed by atoms with Crippen LogP contribution in [0.2, 0.25) is 0 Å². The third-order valence-electron chi connectivity index (χ3n) is 3.20. The van der Waals surface area contributed by atoms with Crippen molar-refractivity contribution in [1.29, 1.82) is 0 Å². The van der Waals surface area contributed by atoms with E-state index in [1.165, 1.54) is 22.6 Å². The number of phenols is 1. The third kappa shape index (κ3) is 1.49. The molecule has 3 rings (SSSR count). The molecule has 0 unspecified atom stereocenters. The fourth-order valence-corrected chi connectivity index (χ4v) is 2.39. The maximum absolute atomic E-state index is 9.29. The van der Waals surface area contributed by atoms with Crippen molar-refractivity contribution in [2.75, 3.05) is 0 Å². The molecule has 0 saturated heterocycles. The van der Waals surface area contributed by atoms with E-state index in [1.54, 1.807) is 12.1 Å². The lowest BCUT2D eigenvalue weighted by Gasteiger charge is -2.10. The van der Waals surface area contributed by atoms with Crippen LogP contribution in [-0.4, -0.2) is 5.11 Å². The Bertz CT molecular complexity index is 499. The second-order valence-electron chi connectivity index (χ2n) is 4.18. The fourth-order valence-electron chi connectivity index (χ4n) is 2.39. The van der Waals surface area contributed by atoms with Gasteiger partial charge in [-0.15, -0.1) is 0 Å². The Morgan fingerprint density at radius 2 is 1.56 bits per heavy atom. The van der Waals surface area contributed by atoms with E-state index in [1.807, 2.05) is 12.1 Å². The van der Waals surface area contributed by atoms with Gasteiger partial charge in [0.05, 0.1) is 0 Å². The molecule has 2 aromatic carbocycles. The molecule has 0 saturated carbocycles. The zero-order valence-corrected chi connectivity index (χ0v) is 8.98. The van der Waals surface area contributed by atoms with Gasteiger partial charge in [0.15, 0.2) is 0 Å². The molecule has 2 aromatic rings. The van der Waals surface area contributed by atoms with Crippen LogP contribution in [0.1, 0.15) is 23.1 Å². The van der Waals surface area contributed by atoms with Crippen LogP contribution in [0.4, 0.5) is 0 Å². The van der Waals surface area contributed by atoms with Crippen molar-refractivity contribution >= 4 is 0 Å². The minimum Gasteiger partial charge on any atom is -0.508 e. The number of hydrogen-bond acceptors (Lipinski definition) is 1. The Morgan fingerprint density at radius 3 is 2.38 bits per heavy atom. The average molecular weight is 209 g/mol. The molecule has 0 spiro atoms. The van der Waals surface area contributed by atoms with Crippen molar-refractivity contribution < 1.29 is 5.11 Å². The van der Waals surface area contributed by atoms with E-state index in [0.717, 1.165) is 12.8 Å². The highest BCUT2D eigenvalue weighted by molar-refractivity contribution is 5.53. The summed E-state index contributed by atoms with van der Waals surface area (Å²) in [5, 5.41) is 9.29. The Hall–Kier alpha value is -1.76. The summed E-state index contributed by atoms with van der Waals surface area (Å²) in [4.78, 5) is 0. The second kappa shape index (κ2) is 3.67. The minimum absolute atomic E-state index is 0.329. The quantitative estimate of drug-likeness (QED) is 0.764. The summed E-state index contributed by atoms with van der Waals surface area (Å²) in [7, 11) is 0. The molecule has 1 N–H and O–H groups in total. The van der Waals surface area contributed by atoms with Gasteiger partial charge in [-0.25, -0.2) is 0 Å². The Morgan fingerprint density at radius 1 is 0.812 bits per heavy atom. The van der Waals surface area contributed by atoms with Crippen molar-refractivity contribution in [3.63, 3.8) is 0 Å². The predicted octanol–water partition coefficient (Wildman–Crippen LogP) is 3.31. The first-order valence-electron chi connectivity index (χ1n) is 5.58. The molecule has 1 aliphatic rings. The van der Waals surface area contributed by atoms with E-state index >= 15 is 0 Å². The van der Waals surface area contributed by atoms with Crippen LogP contribution < -0.4 is 0 Å². The van der Waals surface area contributed by atoms with Gasteiger partial charge in [0.1, 0.15) is 5.75 Å². The number of phenolic OH excluding ortho intramolecular Hbond substituents is 1. The van der Waals surface area contributed by atoms with Crippen LogP contribution in [-0.2, 0) is 6.42 Å². The monoisotopic (exact) mass is 209 g/mol. The van der Waals surface area contributed by atoms with Gasteiger partial charge in [-0.1, -0.05) is 36.4 Å². The van der Waals surface area contributed by atoms with E-state index < -0.39 is 0 Å².